The Morgan fingerprint density at radius 3 is 2.32 bits per heavy atom. The van der Waals surface area contributed by atoms with E-state index < -0.39 is 5.25 Å². The summed E-state index contributed by atoms with van der Waals surface area (Å²) in [6, 6.07) is 34.0. The summed E-state index contributed by atoms with van der Waals surface area (Å²) < 4.78 is 7.36. The fraction of sp³-hybridized carbons (Fsp3) is 0.129. The smallest absolute Gasteiger partial charge is 0.262 e. The average molecular weight is 522 g/mol. The number of carbonyl (C=O) groups excluding carboxylic acids is 1. The van der Waals surface area contributed by atoms with Crippen LogP contribution in [-0.2, 0) is 11.3 Å². The number of carbonyl (C=O) groups is 1. The third-order valence-corrected chi connectivity index (χ3v) is 7.26. The van der Waals surface area contributed by atoms with Crippen LogP contribution >= 0.6 is 11.8 Å². The number of amides is 1. The second-order valence-electron chi connectivity index (χ2n) is 8.62. The van der Waals surface area contributed by atoms with Gasteiger partial charge in [0.05, 0.1) is 29.7 Å². The number of benzene rings is 4. The van der Waals surface area contributed by atoms with Crippen LogP contribution in [0, 0.1) is 0 Å². The molecule has 6 nitrogen and oxygen atoms in total. The highest BCUT2D eigenvalue weighted by Crippen LogP contribution is 2.36. The fourth-order valence-corrected chi connectivity index (χ4v) is 5.29. The molecular weight excluding hydrogens is 494 g/mol. The van der Waals surface area contributed by atoms with Crippen molar-refractivity contribution in [3.8, 4) is 5.75 Å². The van der Waals surface area contributed by atoms with Crippen LogP contribution in [0.2, 0.25) is 0 Å². The summed E-state index contributed by atoms with van der Waals surface area (Å²) in [7, 11) is 0. The summed E-state index contributed by atoms with van der Waals surface area (Å²) >= 11 is 1.26. The molecular formula is C31H27N3O3S. The Morgan fingerprint density at radius 1 is 0.895 bits per heavy atom. The SMILES string of the molecule is CCOc1ccccc1NC(=O)[C@@H](Sc1nc2ccccc2c(=O)n1Cc1ccccc1)c1ccccc1. The van der Waals surface area contributed by atoms with Gasteiger partial charge in [-0.25, -0.2) is 4.98 Å². The highest BCUT2D eigenvalue weighted by atomic mass is 32.2. The highest BCUT2D eigenvalue weighted by molar-refractivity contribution is 8.00. The zero-order chi connectivity index (χ0) is 26.3. The van der Waals surface area contributed by atoms with Gasteiger partial charge >= 0.3 is 0 Å². The van der Waals surface area contributed by atoms with Gasteiger partial charge in [-0.15, -0.1) is 0 Å². The molecule has 190 valence electrons. The summed E-state index contributed by atoms with van der Waals surface area (Å²) in [5, 5.41) is 3.38. The van der Waals surface area contributed by atoms with Crippen molar-refractivity contribution in [3.63, 3.8) is 0 Å². The molecule has 0 aliphatic carbocycles. The maximum absolute atomic E-state index is 13.8. The Morgan fingerprint density at radius 2 is 1.55 bits per heavy atom. The Bertz CT molecular complexity index is 1600. The number of thioether (sulfide) groups is 1. The van der Waals surface area contributed by atoms with Crippen LogP contribution < -0.4 is 15.6 Å². The van der Waals surface area contributed by atoms with Crippen LogP contribution in [0.5, 0.6) is 5.75 Å². The van der Waals surface area contributed by atoms with Crippen molar-refractivity contribution in [1.29, 1.82) is 0 Å². The van der Waals surface area contributed by atoms with Crippen LogP contribution in [0.15, 0.2) is 119 Å². The van der Waals surface area contributed by atoms with Crippen LogP contribution in [-0.4, -0.2) is 22.1 Å². The first-order chi connectivity index (χ1) is 18.6. The second-order valence-corrected chi connectivity index (χ2v) is 9.69. The van der Waals surface area contributed by atoms with Crippen molar-refractivity contribution in [2.45, 2.75) is 23.9 Å². The maximum atomic E-state index is 13.8. The van der Waals surface area contributed by atoms with Gasteiger partial charge in [0.2, 0.25) is 5.91 Å². The molecule has 1 heterocycles. The minimum Gasteiger partial charge on any atom is -0.492 e. The quantitative estimate of drug-likeness (QED) is 0.182. The van der Waals surface area contributed by atoms with Gasteiger partial charge in [0.1, 0.15) is 11.0 Å². The van der Waals surface area contributed by atoms with Crippen molar-refractivity contribution in [2.75, 3.05) is 11.9 Å². The standard InChI is InChI=1S/C31H27N3O3S/c1-2-37-27-20-12-11-19-26(27)32-29(35)28(23-15-7-4-8-16-23)38-31-33-25-18-10-9-17-24(25)30(36)34(31)21-22-13-5-3-6-14-22/h3-20,28H,2,21H2,1H3,(H,32,35)/t28-/m0/s1. The lowest BCUT2D eigenvalue weighted by Crippen LogP contribution is -2.26. The molecule has 0 fully saturated rings. The number of nitrogens with one attached hydrogen (secondary N) is 1. The van der Waals surface area contributed by atoms with Crippen molar-refractivity contribution >= 4 is 34.3 Å². The topological polar surface area (TPSA) is 73.2 Å². The summed E-state index contributed by atoms with van der Waals surface area (Å²) in [6.45, 7) is 2.73. The molecule has 38 heavy (non-hydrogen) atoms. The van der Waals surface area contributed by atoms with Crippen LogP contribution in [0.25, 0.3) is 10.9 Å². The lowest BCUT2D eigenvalue weighted by atomic mass is 10.1. The zero-order valence-corrected chi connectivity index (χ0v) is 21.7. The lowest BCUT2D eigenvalue weighted by molar-refractivity contribution is -0.115. The second kappa shape index (κ2) is 11.8. The van der Waals surface area contributed by atoms with Gasteiger partial charge < -0.3 is 10.1 Å². The first-order valence-corrected chi connectivity index (χ1v) is 13.3. The predicted molar refractivity (Wildman–Crippen MR) is 153 cm³/mol. The Balaban J connectivity index is 1.57. The Kier molecular flexibility index (Phi) is 7.85. The molecule has 0 aliphatic heterocycles. The van der Waals surface area contributed by atoms with E-state index in [2.05, 4.69) is 5.32 Å². The van der Waals surface area contributed by atoms with E-state index in [0.29, 0.717) is 40.6 Å². The Hall–Kier alpha value is -4.36. The first kappa shape index (κ1) is 25.3. The summed E-state index contributed by atoms with van der Waals surface area (Å²) in [5.74, 6) is 0.368. The number of aromatic nitrogens is 2. The number of rotatable bonds is 9. The molecule has 0 aliphatic rings. The van der Waals surface area contributed by atoms with Crippen molar-refractivity contribution < 1.29 is 9.53 Å². The number of hydrogen-bond donors (Lipinski definition) is 1. The maximum Gasteiger partial charge on any atom is 0.262 e. The minimum atomic E-state index is -0.666. The predicted octanol–water partition coefficient (Wildman–Crippen LogP) is 6.32. The zero-order valence-electron chi connectivity index (χ0n) is 20.9. The molecule has 1 aromatic heterocycles. The van der Waals surface area contributed by atoms with E-state index in [1.165, 1.54) is 11.8 Å². The van der Waals surface area contributed by atoms with E-state index in [-0.39, 0.29) is 11.5 Å². The number of anilines is 1. The number of hydrogen-bond acceptors (Lipinski definition) is 5. The fourth-order valence-electron chi connectivity index (χ4n) is 4.20. The summed E-state index contributed by atoms with van der Waals surface area (Å²) in [6.07, 6.45) is 0. The molecule has 0 radical (unpaired) electrons. The molecule has 1 amide bonds. The number of para-hydroxylation sites is 3. The van der Waals surface area contributed by atoms with Gasteiger partial charge in [-0.2, -0.15) is 0 Å². The van der Waals surface area contributed by atoms with Crippen LogP contribution in [0.1, 0.15) is 23.3 Å². The molecule has 0 saturated carbocycles. The van der Waals surface area contributed by atoms with E-state index in [4.69, 9.17) is 9.72 Å². The molecule has 0 spiro atoms. The van der Waals surface area contributed by atoms with Crippen molar-refractivity contribution in [1.82, 2.24) is 9.55 Å². The third-order valence-electron chi connectivity index (χ3n) is 6.02. The summed E-state index contributed by atoms with van der Waals surface area (Å²) in [5.41, 5.74) is 2.82. The molecule has 5 aromatic rings. The van der Waals surface area contributed by atoms with E-state index in [0.717, 1.165) is 11.1 Å². The van der Waals surface area contributed by atoms with Crippen molar-refractivity contribution in [3.05, 3.63) is 131 Å². The monoisotopic (exact) mass is 521 g/mol. The third kappa shape index (κ3) is 5.63. The van der Waals surface area contributed by atoms with Gasteiger partial charge in [-0.1, -0.05) is 96.7 Å². The molecule has 1 N–H and O–H groups in total. The molecule has 0 saturated heterocycles. The average Bonchev–Trinajstić information content (AvgIpc) is 2.96. The van der Waals surface area contributed by atoms with Gasteiger partial charge in [0.25, 0.3) is 5.56 Å². The molecule has 5 rings (SSSR count). The van der Waals surface area contributed by atoms with E-state index in [1.807, 2.05) is 110 Å². The number of ether oxygens (including phenoxy) is 1. The van der Waals surface area contributed by atoms with Crippen LogP contribution in [0.4, 0.5) is 5.69 Å². The van der Waals surface area contributed by atoms with Gasteiger partial charge in [-0.3, -0.25) is 14.2 Å². The normalized spacial score (nSPS) is 11.7. The highest BCUT2D eigenvalue weighted by Gasteiger charge is 2.26. The molecule has 0 bridgehead atoms. The van der Waals surface area contributed by atoms with Gasteiger partial charge in [-0.05, 0) is 42.3 Å². The minimum absolute atomic E-state index is 0.143. The number of nitrogens with zero attached hydrogens (tertiary/aromatic N) is 2. The van der Waals surface area contributed by atoms with Gasteiger partial charge in [0.15, 0.2) is 5.16 Å². The first-order valence-electron chi connectivity index (χ1n) is 12.4. The largest absolute Gasteiger partial charge is 0.492 e. The molecule has 7 heteroatoms. The van der Waals surface area contributed by atoms with E-state index in [9.17, 15) is 9.59 Å². The van der Waals surface area contributed by atoms with Crippen molar-refractivity contribution in [2.24, 2.45) is 0 Å². The lowest BCUT2D eigenvalue weighted by Gasteiger charge is -2.20. The Labute approximate surface area is 225 Å². The molecule has 4 aromatic carbocycles. The summed E-state index contributed by atoms with van der Waals surface area (Å²) in [4.78, 5) is 32.3. The number of fused-ring (bicyclic) bond motifs is 1. The van der Waals surface area contributed by atoms with E-state index >= 15 is 0 Å². The molecule has 0 unspecified atom stereocenters. The van der Waals surface area contributed by atoms with E-state index in [1.54, 1.807) is 10.6 Å². The molecule has 1 atom stereocenters. The van der Waals surface area contributed by atoms with Crippen LogP contribution in [0.3, 0.4) is 0 Å². The van der Waals surface area contributed by atoms with Gasteiger partial charge in [0, 0.05) is 0 Å².